The Labute approximate surface area is 341 Å². The summed E-state index contributed by atoms with van der Waals surface area (Å²) >= 11 is 0. The van der Waals surface area contributed by atoms with E-state index in [1.165, 1.54) is 55.2 Å². The molecule has 0 unspecified atom stereocenters. The van der Waals surface area contributed by atoms with Gasteiger partial charge in [-0.15, -0.1) is 0 Å². The van der Waals surface area contributed by atoms with Crippen LogP contribution < -0.4 is 0 Å². The smallest absolute Gasteiger partial charge is 0.145 e. The highest BCUT2D eigenvalue weighted by atomic mass is 15.1. The molecule has 1 aliphatic rings. The average Bonchev–Trinajstić information content (AvgIpc) is 3.97. The lowest BCUT2D eigenvalue weighted by Crippen LogP contribution is -2.28. The Morgan fingerprint density at radius 2 is 0.966 bits per heavy atom. The van der Waals surface area contributed by atoms with Crippen molar-refractivity contribution in [3.05, 3.63) is 235 Å². The van der Waals surface area contributed by atoms with E-state index in [4.69, 9.17) is 4.98 Å². The standard InChI is InChI=1S/C54H35N5/c1-2-10-38(11-3-1)53-57-47-15-7-9-17-49(47)59(53)42-24-20-37(21-25-42)36-18-22-41(23-19-36)58-48-16-8-5-13-44(48)52-50(58)27-26-46-51(52)43-12-4-6-14-45(43)54(46,39-28-32-55-33-29-39)40-30-34-56-35-31-40/h1-35H. The minimum Gasteiger partial charge on any atom is -0.309 e. The monoisotopic (exact) mass is 753 g/mol. The first-order chi connectivity index (χ1) is 29.3. The topological polar surface area (TPSA) is 48.5 Å². The van der Waals surface area contributed by atoms with Gasteiger partial charge >= 0.3 is 0 Å². The van der Waals surface area contributed by atoms with Crippen LogP contribution in [0.15, 0.2) is 213 Å². The van der Waals surface area contributed by atoms with Gasteiger partial charge in [0.05, 0.1) is 27.5 Å². The maximum atomic E-state index is 5.04. The fourth-order valence-electron chi connectivity index (χ4n) is 9.77. The molecule has 0 saturated heterocycles. The molecule has 0 bridgehead atoms. The first-order valence-electron chi connectivity index (χ1n) is 20.0. The Bertz CT molecular complexity index is 3310. The first-order valence-corrected chi connectivity index (χ1v) is 20.0. The fourth-order valence-corrected chi connectivity index (χ4v) is 9.77. The van der Waals surface area contributed by atoms with Crippen molar-refractivity contribution in [1.82, 2.24) is 24.1 Å². The molecule has 59 heavy (non-hydrogen) atoms. The van der Waals surface area contributed by atoms with Gasteiger partial charge in [-0.2, -0.15) is 0 Å². The SMILES string of the molecule is c1ccc(-c2nc3ccccc3n2-c2ccc(-c3ccc(-n4c5ccccc5c5c6c(ccc54)C(c4ccncc4)(c4ccncc4)c4ccccc4-6)cc3)cc2)cc1. The summed E-state index contributed by atoms with van der Waals surface area (Å²) in [6.45, 7) is 0. The van der Waals surface area contributed by atoms with Crippen molar-refractivity contribution in [3.63, 3.8) is 0 Å². The van der Waals surface area contributed by atoms with Gasteiger partial charge in [0.2, 0.25) is 0 Å². The summed E-state index contributed by atoms with van der Waals surface area (Å²) < 4.78 is 4.68. The summed E-state index contributed by atoms with van der Waals surface area (Å²) in [5.41, 5.74) is 16.9. The van der Waals surface area contributed by atoms with Crippen LogP contribution in [-0.4, -0.2) is 24.1 Å². The number of hydrogen-bond donors (Lipinski definition) is 0. The normalized spacial score (nSPS) is 12.9. The van der Waals surface area contributed by atoms with Crippen molar-refractivity contribution in [2.45, 2.75) is 5.41 Å². The third-order valence-electron chi connectivity index (χ3n) is 12.2. The van der Waals surface area contributed by atoms with E-state index >= 15 is 0 Å². The van der Waals surface area contributed by atoms with Crippen LogP contribution in [0.3, 0.4) is 0 Å². The third kappa shape index (κ3) is 4.88. The van der Waals surface area contributed by atoms with Gasteiger partial charge in [0.1, 0.15) is 5.82 Å². The number of rotatable bonds is 6. The van der Waals surface area contributed by atoms with Gasteiger partial charge < -0.3 is 4.57 Å². The van der Waals surface area contributed by atoms with E-state index < -0.39 is 5.41 Å². The summed E-state index contributed by atoms with van der Waals surface area (Å²) in [6, 6.07) is 67.7. The van der Waals surface area contributed by atoms with E-state index in [2.05, 4.69) is 195 Å². The van der Waals surface area contributed by atoms with Crippen molar-refractivity contribution in [2.24, 2.45) is 0 Å². The maximum absolute atomic E-state index is 5.04. The number of pyridine rings is 2. The quantitative estimate of drug-likeness (QED) is 0.170. The van der Waals surface area contributed by atoms with Crippen molar-refractivity contribution in [1.29, 1.82) is 0 Å². The minimum atomic E-state index is -0.527. The van der Waals surface area contributed by atoms with Crippen LogP contribution in [0.1, 0.15) is 22.3 Å². The molecule has 0 spiro atoms. The van der Waals surface area contributed by atoms with Crippen LogP contribution in [0, 0.1) is 0 Å². The van der Waals surface area contributed by atoms with Crippen LogP contribution in [0.5, 0.6) is 0 Å². The van der Waals surface area contributed by atoms with Crippen LogP contribution >= 0.6 is 0 Å². The van der Waals surface area contributed by atoms with Crippen molar-refractivity contribution >= 4 is 32.8 Å². The van der Waals surface area contributed by atoms with E-state index in [0.29, 0.717) is 0 Å². The molecule has 5 heteroatoms. The van der Waals surface area contributed by atoms with Crippen molar-refractivity contribution < 1.29 is 0 Å². The molecule has 0 N–H and O–H groups in total. The Morgan fingerprint density at radius 1 is 0.390 bits per heavy atom. The summed E-state index contributed by atoms with van der Waals surface area (Å²) in [5.74, 6) is 0.935. The van der Waals surface area contributed by atoms with E-state index in [1.807, 2.05) is 36.9 Å². The van der Waals surface area contributed by atoms with Gasteiger partial charge in [0, 0.05) is 52.5 Å². The molecule has 5 nitrogen and oxygen atoms in total. The highest BCUT2D eigenvalue weighted by molar-refractivity contribution is 6.18. The van der Waals surface area contributed by atoms with Gasteiger partial charge in [-0.05, 0) is 117 Å². The molecule has 0 atom stereocenters. The average molecular weight is 754 g/mol. The molecule has 4 heterocycles. The van der Waals surface area contributed by atoms with Crippen molar-refractivity contribution in [2.75, 3.05) is 0 Å². The van der Waals surface area contributed by atoms with Gasteiger partial charge in [-0.3, -0.25) is 14.5 Å². The molecule has 1 aliphatic carbocycles. The molecular formula is C54H35N5. The first kappa shape index (κ1) is 33.3. The Kier molecular flexibility index (Phi) is 7.38. The second kappa shape index (κ2) is 13.1. The Balaban J connectivity index is 0.989. The van der Waals surface area contributed by atoms with E-state index in [1.54, 1.807) is 0 Å². The number of imidazole rings is 1. The summed E-state index contributed by atoms with van der Waals surface area (Å²) in [6.07, 6.45) is 7.63. The zero-order chi connectivity index (χ0) is 38.9. The number of fused-ring (bicyclic) bond motifs is 8. The maximum Gasteiger partial charge on any atom is 0.145 e. The van der Waals surface area contributed by atoms with E-state index in [-0.39, 0.29) is 0 Å². The van der Waals surface area contributed by atoms with Crippen LogP contribution in [0.2, 0.25) is 0 Å². The molecule has 11 aromatic rings. The van der Waals surface area contributed by atoms with E-state index in [0.717, 1.165) is 44.9 Å². The summed E-state index contributed by atoms with van der Waals surface area (Å²) in [5, 5.41) is 2.49. The van der Waals surface area contributed by atoms with E-state index in [9.17, 15) is 0 Å². The molecule has 7 aromatic carbocycles. The van der Waals surface area contributed by atoms with Crippen molar-refractivity contribution in [3.8, 4) is 45.0 Å². The number of aromatic nitrogens is 5. The summed E-state index contributed by atoms with van der Waals surface area (Å²) in [4.78, 5) is 13.9. The lowest BCUT2D eigenvalue weighted by atomic mass is 9.68. The van der Waals surface area contributed by atoms with Gasteiger partial charge in [0.15, 0.2) is 0 Å². The molecular weight excluding hydrogens is 719 g/mol. The lowest BCUT2D eigenvalue weighted by molar-refractivity contribution is 0.764. The highest BCUT2D eigenvalue weighted by Crippen LogP contribution is 2.58. The van der Waals surface area contributed by atoms with Gasteiger partial charge in [-0.1, -0.05) is 115 Å². The second-order valence-corrected chi connectivity index (χ2v) is 15.2. The molecule has 0 fully saturated rings. The largest absolute Gasteiger partial charge is 0.309 e. The predicted molar refractivity (Wildman–Crippen MR) is 239 cm³/mol. The molecule has 0 aliphatic heterocycles. The zero-order valence-electron chi connectivity index (χ0n) is 31.9. The molecule has 4 aromatic heterocycles. The zero-order valence-corrected chi connectivity index (χ0v) is 31.9. The molecule has 0 radical (unpaired) electrons. The number of benzene rings is 7. The number of para-hydroxylation sites is 3. The Hall–Kier alpha value is -7.89. The van der Waals surface area contributed by atoms with Crippen LogP contribution in [0.25, 0.3) is 77.9 Å². The second-order valence-electron chi connectivity index (χ2n) is 15.2. The molecule has 0 amide bonds. The fraction of sp³-hybridized carbons (Fsp3) is 0.0185. The van der Waals surface area contributed by atoms with Gasteiger partial charge in [0.25, 0.3) is 0 Å². The predicted octanol–water partition coefficient (Wildman–Crippen LogP) is 12.6. The minimum absolute atomic E-state index is 0.527. The highest BCUT2D eigenvalue weighted by Gasteiger charge is 2.47. The molecule has 12 rings (SSSR count). The number of nitrogens with zero attached hydrogens (tertiary/aromatic N) is 5. The van der Waals surface area contributed by atoms with Gasteiger partial charge in [-0.25, -0.2) is 4.98 Å². The summed E-state index contributed by atoms with van der Waals surface area (Å²) in [7, 11) is 0. The third-order valence-corrected chi connectivity index (χ3v) is 12.2. The number of hydrogen-bond acceptors (Lipinski definition) is 3. The Morgan fingerprint density at radius 3 is 1.66 bits per heavy atom. The molecule has 276 valence electrons. The lowest BCUT2D eigenvalue weighted by Gasteiger charge is -2.33. The van der Waals surface area contributed by atoms with Crippen LogP contribution in [-0.2, 0) is 5.41 Å². The van der Waals surface area contributed by atoms with Crippen LogP contribution in [0.4, 0.5) is 0 Å². The molecule has 0 saturated carbocycles.